The molecule has 0 radical (unpaired) electrons. The summed E-state index contributed by atoms with van der Waals surface area (Å²) < 4.78 is 0. The quantitative estimate of drug-likeness (QED) is 0.434. The minimum Gasteiger partial charge on any atom is -0.129 e. The number of hydrogen-bond donors (Lipinski definition) is 0. The molecular formula is C7H8. The van der Waals surface area contributed by atoms with Crippen LogP contribution in [0.15, 0.2) is 30.0 Å². The first-order chi connectivity index (χ1) is 3.43. The lowest BCUT2D eigenvalue weighted by molar-refractivity contribution is 1.50. The van der Waals surface area contributed by atoms with Gasteiger partial charge in [-0.05, 0) is 18.9 Å². The van der Waals surface area contributed by atoms with E-state index in [9.17, 15) is 0 Å². The molecule has 0 spiro atoms. The molecule has 36 valence electrons. The summed E-state index contributed by atoms with van der Waals surface area (Å²) in [6.07, 6.45) is 6.52. The second kappa shape index (κ2) is 1.81. The molecule has 0 heterocycles. The molecule has 0 unspecified atom stereocenters. The maximum Gasteiger partial charge on any atom is -0.0207 e. The first-order valence-electron chi connectivity index (χ1n) is 2.47. The molecular weight excluding hydrogens is 84.1 g/mol. The number of rotatable bonds is 1. The highest BCUT2D eigenvalue weighted by Gasteiger charge is 2.07. The zero-order valence-corrected chi connectivity index (χ0v) is 4.28. The van der Waals surface area contributed by atoms with Crippen molar-refractivity contribution in [2.75, 3.05) is 0 Å². The van der Waals surface area contributed by atoms with Crippen LogP contribution in [0.25, 0.3) is 0 Å². The molecule has 0 bridgehead atoms. The van der Waals surface area contributed by atoms with Crippen molar-refractivity contribution in [2.45, 2.75) is 12.8 Å². The Balaban J connectivity index is 2.46. The van der Waals surface area contributed by atoms with Gasteiger partial charge < -0.3 is 0 Å². The molecule has 0 aromatic heterocycles. The fourth-order valence-electron chi connectivity index (χ4n) is 0.416. The predicted octanol–water partition coefficient (Wildman–Crippen LogP) is 2.05. The van der Waals surface area contributed by atoms with Gasteiger partial charge in [-0.1, -0.05) is 18.2 Å². The van der Waals surface area contributed by atoms with E-state index in [0.717, 1.165) is 0 Å². The van der Waals surface area contributed by atoms with Crippen LogP contribution in [0.3, 0.4) is 0 Å². The van der Waals surface area contributed by atoms with E-state index < -0.39 is 0 Å². The summed E-state index contributed by atoms with van der Waals surface area (Å²) in [5.41, 5.74) is 4.21. The number of allylic oxidation sites excluding steroid dienone is 3. The zero-order chi connectivity index (χ0) is 5.11. The van der Waals surface area contributed by atoms with E-state index >= 15 is 0 Å². The van der Waals surface area contributed by atoms with Crippen molar-refractivity contribution in [1.29, 1.82) is 0 Å². The highest BCUT2D eigenvalue weighted by atomic mass is 14.1. The van der Waals surface area contributed by atoms with Crippen molar-refractivity contribution in [2.24, 2.45) is 0 Å². The first kappa shape index (κ1) is 4.42. The van der Waals surface area contributed by atoms with E-state index in [1.54, 1.807) is 0 Å². The van der Waals surface area contributed by atoms with Gasteiger partial charge in [0.05, 0.1) is 0 Å². The SMILES string of the molecule is C=C=CC=C1CC1. The van der Waals surface area contributed by atoms with Crippen LogP contribution in [0, 0.1) is 0 Å². The Hall–Kier alpha value is -0.740. The lowest BCUT2D eigenvalue weighted by atomic mass is 10.5. The fourth-order valence-corrected chi connectivity index (χ4v) is 0.416. The molecule has 1 aliphatic rings. The molecule has 0 nitrogen and oxygen atoms in total. The highest BCUT2D eigenvalue weighted by molar-refractivity contribution is 5.21. The Labute approximate surface area is 43.9 Å². The molecule has 0 N–H and O–H groups in total. The van der Waals surface area contributed by atoms with Crippen LogP contribution in [0.2, 0.25) is 0 Å². The molecule has 7 heavy (non-hydrogen) atoms. The van der Waals surface area contributed by atoms with Crippen molar-refractivity contribution in [3.05, 3.63) is 30.0 Å². The summed E-state index contributed by atoms with van der Waals surface area (Å²) in [4.78, 5) is 0. The Kier molecular flexibility index (Phi) is 1.14. The summed E-state index contributed by atoms with van der Waals surface area (Å²) in [5.74, 6) is 0. The smallest absolute Gasteiger partial charge is 0.0207 e. The van der Waals surface area contributed by atoms with Gasteiger partial charge in [0.15, 0.2) is 0 Å². The van der Waals surface area contributed by atoms with E-state index in [-0.39, 0.29) is 0 Å². The fraction of sp³-hybridized carbons (Fsp3) is 0.286. The maximum atomic E-state index is 3.44. The monoisotopic (exact) mass is 92.1 g/mol. The second-order valence-corrected chi connectivity index (χ2v) is 1.70. The van der Waals surface area contributed by atoms with E-state index in [0.29, 0.717) is 0 Å². The second-order valence-electron chi connectivity index (χ2n) is 1.70. The van der Waals surface area contributed by atoms with Gasteiger partial charge in [-0.25, -0.2) is 0 Å². The van der Waals surface area contributed by atoms with E-state index in [2.05, 4.69) is 18.4 Å². The van der Waals surface area contributed by atoms with Gasteiger partial charge in [0, 0.05) is 0 Å². The summed E-state index contributed by atoms with van der Waals surface area (Å²) in [6.45, 7) is 3.44. The molecule has 0 aliphatic heterocycles. The van der Waals surface area contributed by atoms with Gasteiger partial charge in [-0.15, -0.1) is 5.73 Å². The summed E-state index contributed by atoms with van der Waals surface area (Å²) >= 11 is 0. The minimum atomic E-state index is 1.29. The first-order valence-corrected chi connectivity index (χ1v) is 2.47. The van der Waals surface area contributed by atoms with Crippen molar-refractivity contribution in [3.8, 4) is 0 Å². The molecule has 0 saturated heterocycles. The molecule has 1 fully saturated rings. The van der Waals surface area contributed by atoms with Crippen molar-refractivity contribution >= 4 is 0 Å². The molecule has 0 amide bonds. The zero-order valence-electron chi connectivity index (χ0n) is 4.28. The van der Waals surface area contributed by atoms with E-state index in [1.165, 1.54) is 18.4 Å². The van der Waals surface area contributed by atoms with Crippen LogP contribution in [-0.2, 0) is 0 Å². The lowest BCUT2D eigenvalue weighted by Crippen LogP contribution is -1.39. The summed E-state index contributed by atoms with van der Waals surface area (Å²) in [6, 6.07) is 0. The average Bonchev–Trinajstić information content (AvgIpc) is 2.42. The topological polar surface area (TPSA) is 0 Å². The minimum absolute atomic E-state index is 1.29. The molecule has 0 heteroatoms. The van der Waals surface area contributed by atoms with Gasteiger partial charge in [0.1, 0.15) is 0 Å². The highest BCUT2D eigenvalue weighted by Crippen LogP contribution is 2.26. The Morgan fingerprint density at radius 3 is 2.71 bits per heavy atom. The van der Waals surface area contributed by atoms with Crippen molar-refractivity contribution in [3.63, 3.8) is 0 Å². The van der Waals surface area contributed by atoms with Gasteiger partial charge >= 0.3 is 0 Å². The van der Waals surface area contributed by atoms with Gasteiger partial charge in [-0.3, -0.25) is 0 Å². The predicted molar refractivity (Wildman–Crippen MR) is 31.0 cm³/mol. The van der Waals surface area contributed by atoms with Crippen molar-refractivity contribution in [1.82, 2.24) is 0 Å². The third-order valence-corrected chi connectivity index (χ3v) is 0.976. The van der Waals surface area contributed by atoms with Crippen LogP contribution in [0.5, 0.6) is 0 Å². The average molecular weight is 92.1 g/mol. The Morgan fingerprint density at radius 2 is 2.29 bits per heavy atom. The van der Waals surface area contributed by atoms with Gasteiger partial charge in [0.25, 0.3) is 0 Å². The van der Waals surface area contributed by atoms with Crippen LogP contribution >= 0.6 is 0 Å². The Morgan fingerprint density at radius 1 is 1.57 bits per heavy atom. The van der Waals surface area contributed by atoms with E-state index in [1.807, 2.05) is 6.08 Å². The van der Waals surface area contributed by atoms with Crippen LogP contribution < -0.4 is 0 Å². The van der Waals surface area contributed by atoms with Crippen LogP contribution in [0.1, 0.15) is 12.8 Å². The molecule has 0 aromatic rings. The third kappa shape index (κ3) is 1.43. The Bertz CT molecular complexity index is 128. The molecule has 0 atom stereocenters. The number of hydrogen-bond acceptors (Lipinski definition) is 0. The largest absolute Gasteiger partial charge is 0.129 e. The molecule has 1 rings (SSSR count). The van der Waals surface area contributed by atoms with Gasteiger partial charge in [0.2, 0.25) is 0 Å². The third-order valence-electron chi connectivity index (χ3n) is 0.976. The van der Waals surface area contributed by atoms with Crippen LogP contribution in [-0.4, -0.2) is 0 Å². The van der Waals surface area contributed by atoms with Gasteiger partial charge in [-0.2, -0.15) is 0 Å². The lowest BCUT2D eigenvalue weighted by Gasteiger charge is -1.60. The maximum absolute atomic E-state index is 3.44. The van der Waals surface area contributed by atoms with Crippen molar-refractivity contribution < 1.29 is 0 Å². The van der Waals surface area contributed by atoms with Crippen LogP contribution in [0.4, 0.5) is 0 Å². The standard InChI is InChI=1S/C7H8/c1-2-3-4-7-5-6-7/h3-4H,1,5-6H2. The summed E-state index contributed by atoms with van der Waals surface area (Å²) in [7, 11) is 0. The summed E-state index contributed by atoms with van der Waals surface area (Å²) in [5, 5.41) is 0. The normalized spacial score (nSPS) is 15.1. The van der Waals surface area contributed by atoms with E-state index in [4.69, 9.17) is 0 Å². The molecule has 0 aromatic carbocycles. The molecule has 1 saturated carbocycles. The molecule has 1 aliphatic carbocycles.